The van der Waals surface area contributed by atoms with Crippen LogP contribution in [0.25, 0.3) is 66.1 Å². The second kappa shape index (κ2) is 12.2. The molecule has 0 unspecified atom stereocenters. The maximum Gasteiger partial charge on any atom is 0.0546 e. The summed E-state index contributed by atoms with van der Waals surface area (Å²) >= 11 is 0. The van der Waals surface area contributed by atoms with Crippen LogP contribution in [-0.4, -0.2) is 0 Å². The molecule has 60 heavy (non-hydrogen) atoms. The maximum absolute atomic E-state index is 2.57. The first kappa shape index (κ1) is 35.3. The van der Waals surface area contributed by atoms with Crippen molar-refractivity contribution in [1.29, 1.82) is 0 Å². The third-order valence-electron chi connectivity index (χ3n) is 14.6. The van der Waals surface area contributed by atoms with Gasteiger partial charge in [-0.3, -0.25) is 0 Å². The van der Waals surface area contributed by atoms with Gasteiger partial charge in [0.2, 0.25) is 0 Å². The number of fused-ring (bicyclic) bond motifs is 9. The van der Waals surface area contributed by atoms with Gasteiger partial charge in [-0.1, -0.05) is 181 Å². The molecule has 9 aromatic carbocycles. The number of benzene rings is 9. The average molecular weight is 770 g/mol. The predicted octanol–water partition coefficient (Wildman–Crippen LogP) is 16.0. The summed E-state index contributed by atoms with van der Waals surface area (Å²) < 4.78 is 0. The molecule has 0 saturated heterocycles. The minimum absolute atomic E-state index is 0.0689. The zero-order valence-electron chi connectivity index (χ0n) is 35.2. The Bertz CT molecular complexity index is 3300. The van der Waals surface area contributed by atoms with E-state index >= 15 is 0 Å². The lowest BCUT2D eigenvalue weighted by atomic mass is 9.67. The summed E-state index contributed by atoms with van der Waals surface area (Å²) in [5.41, 5.74) is 21.9. The highest BCUT2D eigenvalue weighted by atomic mass is 15.1. The highest BCUT2D eigenvalue weighted by Gasteiger charge is 2.39. The minimum Gasteiger partial charge on any atom is -0.309 e. The van der Waals surface area contributed by atoms with Gasteiger partial charge in [0.05, 0.1) is 11.4 Å². The first-order valence-electron chi connectivity index (χ1n) is 21.5. The Kier molecular flexibility index (Phi) is 7.16. The molecule has 0 bridgehead atoms. The molecule has 0 radical (unpaired) electrons. The fourth-order valence-electron chi connectivity index (χ4n) is 11.5. The summed E-state index contributed by atoms with van der Waals surface area (Å²) in [6.45, 7) is 14.3. The van der Waals surface area contributed by atoms with Crippen molar-refractivity contribution in [3.05, 3.63) is 209 Å². The van der Waals surface area contributed by atoms with Crippen LogP contribution in [0, 0.1) is 0 Å². The Labute approximate surface area is 353 Å². The molecular formula is C59H47N. The second-order valence-electron chi connectivity index (χ2n) is 18.9. The van der Waals surface area contributed by atoms with Gasteiger partial charge in [0.15, 0.2) is 0 Å². The first-order valence-corrected chi connectivity index (χ1v) is 21.5. The third kappa shape index (κ3) is 4.69. The SMILES string of the molecule is CC1(C)c2ccccc2-c2ccc(-c3ccc4c(c3)-c3c(N(c5ccc6c(c5)C(C)(C)c5ccccc5-6)c5cccc6ccccc56)ccc5cccc(c35)C4(C)C)cc21. The molecule has 0 N–H and O–H groups in total. The van der Waals surface area contributed by atoms with Crippen molar-refractivity contribution in [2.45, 2.75) is 57.8 Å². The zero-order valence-corrected chi connectivity index (χ0v) is 35.2. The molecule has 0 heterocycles. The van der Waals surface area contributed by atoms with Crippen LogP contribution in [0.3, 0.4) is 0 Å². The topological polar surface area (TPSA) is 3.24 Å². The molecule has 0 atom stereocenters. The molecule has 288 valence electrons. The highest BCUT2D eigenvalue weighted by molar-refractivity contribution is 6.12. The minimum atomic E-state index is -0.200. The van der Waals surface area contributed by atoms with Gasteiger partial charge < -0.3 is 4.90 Å². The van der Waals surface area contributed by atoms with Crippen molar-refractivity contribution < 1.29 is 0 Å². The van der Waals surface area contributed by atoms with Crippen LogP contribution in [0.2, 0.25) is 0 Å². The highest BCUT2D eigenvalue weighted by Crippen LogP contribution is 2.57. The van der Waals surface area contributed by atoms with Crippen LogP contribution >= 0.6 is 0 Å². The molecule has 0 aliphatic heterocycles. The van der Waals surface area contributed by atoms with Crippen LogP contribution in [-0.2, 0) is 16.2 Å². The summed E-state index contributed by atoms with van der Waals surface area (Å²) in [5.74, 6) is 0. The quantitative estimate of drug-likeness (QED) is 0.172. The van der Waals surface area contributed by atoms with Crippen LogP contribution in [0.4, 0.5) is 17.1 Å². The van der Waals surface area contributed by atoms with E-state index in [0.29, 0.717) is 0 Å². The lowest BCUT2D eigenvalue weighted by molar-refractivity contribution is 0.645. The molecule has 0 fully saturated rings. The zero-order chi connectivity index (χ0) is 40.7. The van der Waals surface area contributed by atoms with E-state index in [4.69, 9.17) is 0 Å². The van der Waals surface area contributed by atoms with Crippen LogP contribution in [0.15, 0.2) is 176 Å². The molecule has 1 nitrogen and oxygen atoms in total. The summed E-state index contributed by atoms with van der Waals surface area (Å²) in [6, 6.07) is 66.8. The van der Waals surface area contributed by atoms with Crippen molar-refractivity contribution in [3.63, 3.8) is 0 Å². The third-order valence-corrected chi connectivity index (χ3v) is 14.6. The largest absolute Gasteiger partial charge is 0.309 e. The van der Waals surface area contributed by atoms with Gasteiger partial charge in [-0.05, 0) is 125 Å². The molecule has 0 saturated carbocycles. The number of hydrogen-bond donors (Lipinski definition) is 0. The molecule has 0 amide bonds. The fraction of sp³-hybridized carbons (Fsp3) is 0.153. The molecule has 1 heteroatoms. The van der Waals surface area contributed by atoms with Crippen molar-refractivity contribution in [3.8, 4) is 44.5 Å². The number of hydrogen-bond acceptors (Lipinski definition) is 1. The van der Waals surface area contributed by atoms with Crippen molar-refractivity contribution >= 4 is 38.6 Å². The first-order chi connectivity index (χ1) is 29.0. The van der Waals surface area contributed by atoms with Crippen molar-refractivity contribution in [1.82, 2.24) is 0 Å². The Morgan fingerprint density at radius 2 is 0.867 bits per heavy atom. The van der Waals surface area contributed by atoms with E-state index in [1.807, 2.05) is 0 Å². The predicted molar refractivity (Wildman–Crippen MR) is 254 cm³/mol. The molecule has 3 aliphatic rings. The maximum atomic E-state index is 2.57. The molecule has 0 aromatic heterocycles. The van der Waals surface area contributed by atoms with Gasteiger partial charge >= 0.3 is 0 Å². The number of nitrogens with zero attached hydrogens (tertiary/aromatic N) is 1. The van der Waals surface area contributed by atoms with Gasteiger partial charge in [-0.2, -0.15) is 0 Å². The normalized spacial score (nSPS) is 15.6. The monoisotopic (exact) mass is 769 g/mol. The van der Waals surface area contributed by atoms with Gasteiger partial charge in [-0.25, -0.2) is 0 Å². The van der Waals surface area contributed by atoms with E-state index in [9.17, 15) is 0 Å². The van der Waals surface area contributed by atoms with Crippen LogP contribution in [0.5, 0.6) is 0 Å². The summed E-state index contributed by atoms with van der Waals surface area (Å²) in [4.78, 5) is 2.57. The lowest BCUT2D eigenvalue weighted by Gasteiger charge is -2.38. The fourth-order valence-corrected chi connectivity index (χ4v) is 11.5. The van der Waals surface area contributed by atoms with E-state index in [0.717, 1.165) is 0 Å². The van der Waals surface area contributed by atoms with E-state index < -0.39 is 0 Å². The second-order valence-corrected chi connectivity index (χ2v) is 18.9. The van der Waals surface area contributed by atoms with Crippen molar-refractivity contribution in [2.24, 2.45) is 0 Å². The summed E-state index contributed by atoms with van der Waals surface area (Å²) in [6.07, 6.45) is 0. The molecule has 0 spiro atoms. The Morgan fingerprint density at radius 3 is 1.63 bits per heavy atom. The van der Waals surface area contributed by atoms with E-state index in [1.165, 1.54) is 116 Å². The van der Waals surface area contributed by atoms with E-state index in [2.05, 4.69) is 222 Å². The number of rotatable bonds is 4. The Hall–Kier alpha value is -6.70. The number of anilines is 3. The van der Waals surface area contributed by atoms with Gasteiger partial charge in [0.1, 0.15) is 0 Å². The Balaban J connectivity index is 1.13. The van der Waals surface area contributed by atoms with E-state index in [1.54, 1.807) is 0 Å². The van der Waals surface area contributed by atoms with Crippen LogP contribution < -0.4 is 4.90 Å². The molecular weight excluding hydrogens is 723 g/mol. The van der Waals surface area contributed by atoms with Gasteiger partial charge in [0, 0.05) is 32.9 Å². The molecule has 12 rings (SSSR count). The standard InChI is InChI=1S/C59H47N/c1-57(2)49-31-26-38(39-25-29-44-42-19-9-11-21-47(42)58(3,4)51(44)34-39)33-46(49)56-54(32-27-37-17-13-23-50(57)55(37)56)60(53-24-14-16-36-15-7-8-18-41(36)53)40-28-30-45-43-20-10-12-22-48(43)59(5,6)52(45)35-40/h7-35H,1-6H3. The molecule has 9 aromatic rings. The van der Waals surface area contributed by atoms with Crippen molar-refractivity contribution in [2.75, 3.05) is 4.90 Å². The smallest absolute Gasteiger partial charge is 0.0546 e. The van der Waals surface area contributed by atoms with Crippen LogP contribution in [0.1, 0.15) is 74.9 Å². The molecule has 3 aliphatic carbocycles. The average Bonchev–Trinajstić information content (AvgIpc) is 3.64. The summed E-state index contributed by atoms with van der Waals surface area (Å²) in [7, 11) is 0. The lowest BCUT2D eigenvalue weighted by Crippen LogP contribution is -2.25. The van der Waals surface area contributed by atoms with Gasteiger partial charge in [0.25, 0.3) is 0 Å². The Morgan fingerprint density at radius 1 is 0.333 bits per heavy atom. The summed E-state index contributed by atoms with van der Waals surface area (Å²) in [5, 5.41) is 5.08. The van der Waals surface area contributed by atoms with Gasteiger partial charge in [-0.15, -0.1) is 0 Å². The van der Waals surface area contributed by atoms with E-state index in [-0.39, 0.29) is 16.2 Å².